The molecule has 1 heterocycles. The molecule has 0 bridgehead atoms. The third-order valence-corrected chi connectivity index (χ3v) is 8.66. The van der Waals surface area contributed by atoms with Gasteiger partial charge in [-0.25, -0.2) is 0 Å². The molecule has 0 aromatic heterocycles. The van der Waals surface area contributed by atoms with Gasteiger partial charge in [0.25, 0.3) is 11.8 Å². The Balaban J connectivity index is 1.36. The Bertz CT molecular complexity index is 1590. The summed E-state index contributed by atoms with van der Waals surface area (Å²) in [6.45, 7) is 6.68. The fourth-order valence-corrected chi connectivity index (χ4v) is 5.62. The highest BCUT2D eigenvalue weighted by molar-refractivity contribution is 6.31. The van der Waals surface area contributed by atoms with Gasteiger partial charge in [0.05, 0.1) is 37.3 Å². The van der Waals surface area contributed by atoms with Crippen molar-refractivity contribution >= 4 is 40.7 Å². The third-order valence-electron chi connectivity index (χ3n) is 8.42. The van der Waals surface area contributed by atoms with Crippen LogP contribution in [0.3, 0.4) is 0 Å². The summed E-state index contributed by atoms with van der Waals surface area (Å²) in [5, 5.41) is 3.29. The van der Waals surface area contributed by atoms with E-state index in [1.165, 1.54) is 12.0 Å². The summed E-state index contributed by atoms with van der Waals surface area (Å²) in [6.07, 6.45) is 3.66. The van der Waals surface area contributed by atoms with Gasteiger partial charge in [-0.05, 0) is 100 Å². The smallest absolute Gasteiger partial charge is 0.259 e. The van der Waals surface area contributed by atoms with Gasteiger partial charge in [-0.3, -0.25) is 14.4 Å². The van der Waals surface area contributed by atoms with E-state index in [-0.39, 0.29) is 11.8 Å². The Hall–Kier alpha value is -4.32. The quantitative estimate of drug-likeness (QED) is 0.185. The minimum atomic E-state index is -0.419. The maximum atomic E-state index is 13.7. The van der Waals surface area contributed by atoms with Crippen molar-refractivity contribution in [1.82, 2.24) is 9.80 Å². The van der Waals surface area contributed by atoms with Crippen LogP contribution in [0, 0.1) is 6.92 Å². The number of unbranched alkanes of at least 4 members (excludes halogenated alkanes) is 2. The van der Waals surface area contributed by atoms with Crippen LogP contribution >= 0.6 is 11.6 Å². The van der Waals surface area contributed by atoms with Crippen LogP contribution in [0.25, 0.3) is 0 Å². The molecule has 1 fully saturated rings. The van der Waals surface area contributed by atoms with Crippen molar-refractivity contribution in [2.45, 2.75) is 39.0 Å². The van der Waals surface area contributed by atoms with Gasteiger partial charge in [0, 0.05) is 50.2 Å². The number of piperazine rings is 1. The first-order valence-electron chi connectivity index (χ1n) is 16.7. The number of methoxy groups -OCH3 is 1. The van der Waals surface area contributed by atoms with E-state index in [0.717, 1.165) is 51.0 Å². The van der Waals surface area contributed by atoms with E-state index < -0.39 is 5.91 Å². The van der Waals surface area contributed by atoms with E-state index in [9.17, 15) is 14.4 Å². The summed E-state index contributed by atoms with van der Waals surface area (Å²) in [7, 11) is 5.24. The lowest BCUT2D eigenvalue weighted by atomic mass is 10.1. The second-order valence-electron chi connectivity index (χ2n) is 12.2. The molecule has 264 valence electrons. The largest absolute Gasteiger partial charge is 0.495 e. The van der Waals surface area contributed by atoms with Gasteiger partial charge in [-0.15, -0.1) is 0 Å². The molecule has 1 aliphatic heterocycles. The summed E-state index contributed by atoms with van der Waals surface area (Å²) in [4.78, 5) is 45.2. The topological polar surface area (TPSA) is 127 Å². The lowest BCUT2D eigenvalue weighted by molar-refractivity contribution is -0.132. The number of halogens is 1. The number of likely N-dealkylation sites (N-methyl/N-ethyl adjacent to an activating group) is 1. The highest BCUT2D eigenvalue weighted by Crippen LogP contribution is 2.33. The maximum absolute atomic E-state index is 13.7. The number of carbonyl (C=O) groups is 3. The SMILES string of the molecule is COc1cc(C(=O)N(C)c2ccc(C)cc2OCCCCCC(=O)N2CCN(C)CC2)ccc1NC(=O)c1ccc(Cl)cc1OCCCN. The predicted molar refractivity (Wildman–Crippen MR) is 194 cm³/mol. The monoisotopic (exact) mass is 693 g/mol. The van der Waals surface area contributed by atoms with E-state index in [0.29, 0.717) is 77.4 Å². The fourth-order valence-electron chi connectivity index (χ4n) is 5.45. The van der Waals surface area contributed by atoms with Crippen LogP contribution < -0.4 is 30.2 Å². The normalized spacial score (nSPS) is 13.1. The minimum Gasteiger partial charge on any atom is -0.495 e. The zero-order chi connectivity index (χ0) is 35.3. The zero-order valence-electron chi connectivity index (χ0n) is 28.9. The second-order valence-corrected chi connectivity index (χ2v) is 12.6. The van der Waals surface area contributed by atoms with Crippen molar-refractivity contribution in [3.05, 3.63) is 76.3 Å². The number of hydrogen-bond acceptors (Lipinski definition) is 8. The summed E-state index contributed by atoms with van der Waals surface area (Å²) in [5.41, 5.74) is 8.26. The van der Waals surface area contributed by atoms with Gasteiger partial charge >= 0.3 is 0 Å². The highest BCUT2D eigenvalue weighted by atomic mass is 35.5. The molecule has 0 saturated carbocycles. The Labute approximate surface area is 294 Å². The molecule has 3 amide bonds. The lowest BCUT2D eigenvalue weighted by Gasteiger charge is -2.32. The minimum absolute atomic E-state index is 0.224. The standard InChI is InChI=1S/C37H48ClN5O6/c1-26-10-15-31(34(23-26)49-21-7-5-6-9-35(44)43-19-17-41(2)18-20-43)42(3)37(46)27-11-14-30(33(24-27)47-4)40-36(45)29-13-12-28(38)25-32(29)48-22-8-16-39/h10-15,23-25H,5-9,16-22,39H2,1-4H3,(H,40,45). The van der Waals surface area contributed by atoms with Gasteiger partial charge in [-0.2, -0.15) is 0 Å². The third kappa shape index (κ3) is 10.6. The molecule has 1 saturated heterocycles. The average Bonchev–Trinajstić information content (AvgIpc) is 3.09. The molecule has 3 N–H and O–H groups in total. The Morgan fingerprint density at radius 2 is 1.61 bits per heavy atom. The molecule has 0 radical (unpaired) electrons. The van der Waals surface area contributed by atoms with Crippen LogP contribution in [0.4, 0.5) is 11.4 Å². The summed E-state index contributed by atoms with van der Waals surface area (Å²) in [5.74, 6) is 0.795. The van der Waals surface area contributed by atoms with Crippen molar-refractivity contribution in [3.63, 3.8) is 0 Å². The van der Waals surface area contributed by atoms with Gasteiger partial charge in [0.15, 0.2) is 0 Å². The van der Waals surface area contributed by atoms with Gasteiger partial charge in [-0.1, -0.05) is 17.7 Å². The summed E-state index contributed by atoms with van der Waals surface area (Å²) >= 11 is 6.14. The number of aryl methyl sites for hydroxylation is 1. The molecule has 4 rings (SSSR count). The van der Waals surface area contributed by atoms with Crippen LogP contribution in [0.2, 0.25) is 5.02 Å². The number of anilines is 2. The molecule has 11 nitrogen and oxygen atoms in total. The van der Waals surface area contributed by atoms with Crippen LogP contribution in [-0.4, -0.2) is 94.7 Å². The predicted octanol–water partition coefficient (Wildman–Crippen LogP) is 5.63. The Kier molecular flexibility index (Phi) is 14.1. The highest BCUT2D eigenvalue weighted by Gasteiger charge is 2.22. The first kappa shape index (κ1) is 37.5. The molecule has 0 spiro atoms. The number of nitrogens with one attached hydrogen (secondary N) is 1. The van der Waals surface area contributed by atoms with E-state index in [2.05, 4.69) is 17.3 Å². The molecule has 0 atom stereocenters. The molecule has 1 aliphatic rings. The molecule has 3 aromatic carbocycles. The number of benzene rings is 3. The molecule has 49 heavy (non-hydrogen) atoms. The molecule has 3 aromatic rings. The van der Waals surface area contributed by atoms with Crippen LogP contribution in [0.5, 0.6) is 17.2 Å². The van der Waals surface area contributed by atoms with Gasteiger partial charge in [0.2, 0.25) is 5.91 Å². The van der Waals surface area contributed by atoms with Crippen LogP contribution in [0.15, 0.2) is 54.6 Å². The number of hydrogen-bond donors (Lipinski definition) is 2. The number of rotatable bonds is 16. The first-order chi connectivity index (χ1) is 23.6. The number of amides is 3. The van der Waals surface area contributed by atoms with E-state index >= 15 is 0 Å². The van der Waals surface area contributed by atoms with E-state index in [1.807, 2.05) is 30.0 Å². The Morgan fingerprint density at radius 3 is 2.35 bits per heavy atom. The number of ether oxygens (including phenoxy) is 3. The maximum Gasteiger partial charge on any atom is 0.259 e. The number of nitrogens with two attached hydrogens (primary N) is 1. The fraction of sp³-hybridized carbons (Fsp3) is 0.432. The van der Waals surface area contributed by atoms with Gasteiger partial charge in [0.1, 0.15) is 17.2 Å². The van der Waals surface area contributed by atoms with E-state index in [4.69, 9.17) is 31.5 Å². The summed E-state index contributed by atoms with van der Waals surface area (Å²) in [6, 6.07) is 15.4. The van der Waals surface area contributed by atoms with Crippen molar-refractivity contribution in [3.8, 4) is 17.2 Å². The second kappa shape index (κ2) is 18.4. The average molecular weight is 694 g/mol. The molecule has 12 heteroatoms. The molecular weight excluding hydrogens is 646 g/mol. The lowest BCUT2D eigenvalue weighted by Crippen LogP contribution is -2.47. The van der Waals surface area contributed by atoms with E-state index in [1.54, 1.807) is 43.4 Å². The number of nitrogens with zero attached hydrogens (tertiary/aromatic N) is 3. The molecule has 0 aliphatic carbocycles. The van der Waals surface area contributed by atoms with Gasteiger partial charge < -0.3 is 40.0 Å². The van der Waals surface area contributed by atoms with Crippen molar-refractivity contribution < 1.29 is 28.6 Å². The van der Waals surface area contributed by atoms with Crippen molar-refractivity contribution in [2.24, 2.45) is 5.73 Å². The van der Waals surface area contributed by atoms with Crippen molar-refractivity contribution in [1.29, 1.82) is 0 Å². The molecular formula is C37H48ClN5O6. The van der Waals surface area contributed by atoms with Crippen LogP contribution in [0.1, 0.15) is 58.4 Å². The first-order valence-corrected chi connectivity index (χ1v) is 17.1. The number of carbonyl (C=O) groups excluding carboxylic acids is 3. The summed E-state index contributed by atoms with van der Waals surface area (Å²) < 4.78 is 17.5. The van der Waals surface area contributed by atoms with Crippen LogP contribution in [-0.2, 0) is 4.79 Å². The van der Waals surface area contributed by atoms with Crippen molar-refractivity contribution in [2.75, 3.05) is 77.4 Å². The Morgan fingerprint density at radius 1 is 0.878 bits per heavy atom. The zero-order valence-corrected chi connectivity index (χ0v) is 29.7. The molecule has 0 unspecified atom stereocenters.